The number of alkyl halides is 4. The molecule has 1 aliphatic rings. The van der Waals surface area contributed by atoms with E-state index in [1.165, 1.54) is 0 Å². The third-order valence-corrected chi connectivity index (χ3v) is 4.92. The predicted molar refractivity (Wildman–Crippen MR) is 84.2 cm³/mol. The van der Waals surface area contributed by atoms with Crippen molar-refractivity contribution < 1.29 is 26.2 Å². The monoisotopic (exact) mass is 368 g/mol. The topological polar surface area (TPSA) is 9.23 Å². The molecule has 7 heteroatoms. The van der Waals surface area contributed by atoms with Gasteiger partial charge in [0.25, 0.3) is 0 Å². The normalized spacial score (nSPS) is 22.6. The summed E-state index contributed by atoms with van der Waals surface area (Å²) in [6.07, 6.45) is 1.47. The van der Waals surface area contributed by atoms with Crippen LogP contribution in [0.3, 0.4) is 0 Å². The first-order valence-electron chi connectivity index (χ1n) is 8.09. The molecule has 1 aromatic rings. The summed E-state index contributed by atoms with van der Waals surface area (Å²) in [4.78, 5) is 0.103. The highest BCUT2D eigenvalue weighted by Crippen LogP contribution is 2.51. The lowest BCUT2D eigenvalue weighted by molar-refractivity contribution is -0.250. The summed E-state index contributed by atoms with van der Waals surface area (Å²) in [7, 11) is 0. The molecule has 1 aliphatic carbocycles. The Morgan fingerprint density at radius 1 is 1.04 bits per heavy atom. The standard InChI is InChI=1S/C17H21F5OS/c1-2-11-23-14-7-3-12(4-8-14)16(18,19)17(20,21)13-5-9-15(24-22)10-6-13/h5-6,9-10,12,14H,2-4,7-8,11H2,1H3/t12-,14-. The van der Waals surface area contributed by atoms with Gasteiger partial charge in [0.05, 0.1) is 18.3 Å². The molecule has 1 aromatic carbocycles. The SMILES string of the molecule is CCCO[C@H]1CC[C@H](C(F)(F)C(F)(F)c2ccc(SF)cc2)CC1. The van der Waals surface area contributed by atoms with Crippen LogP contribution in [0.2, 0.25) is 0 Å². The summed E-state index contributed by atoms with van der Waals surface area (Å²) < 4.78 is 75.6. The maximum Gasteiger partial charge on any atom is 0.335 e. The molecule has 24 heavy (non-hydrogen) atoms. The summed E-state index contributed by atoms with van der Waals surface area (Å²) >= 11 is -0.116. The van der Waals surface area contributed by atoms with Gasteiger partial charge in [-0.15, -0.1) is 0 Å². The minimum absolute atomic E-state index is 0.00931. The first kappa shape index (κ1) is 19.5. The predicted octanol–water partition coefficient (Wildman–Crippen LogP) is 6.38. The molecule has 0 amide bonds. The number of rotatable bonds is 7. The first-order valence-corrected chi connectivity index (χ1v) is 8.81. The van der Waals surface area contributed by atoms with Crippen LogP contribution in [0.5, 0.6) is 0 Å². The van der Waals surface area contributed by atoms with Crippen LogP contribution in [0.4, 0.5) is 21.4 Å². The second-order valence-electron chi connectivity index (χ2n) is 6.14. The Bertz CT molecular complexity index is 512. The maximum absolute atomic E-state index is 14.5. The molecule has 0 bridgehead atoms. The Labute approximate surface area is 143 Å². The summed E-state index contributed by atoms with van der Waals surface area (Å²) in [5, 5.41) is 0. The average Bonchev–Trinajstić information content (AvgIpc) is 2.60. The second-order valence-corrected chi connectivity index (χ2v) is 6.77. The molecule has 0 spiro atoms. The lowest BCUT2D eigenvalue weighted by Crippen LogP contribution is -2.46. The van der Waals surface area contributed by atoms with Crippen LogP contribution in [0.25, 0.3) is 0 Å². The molecule has 1 nitrogen and oxygen atoms in total. The van der Waals surface area contributed by atoms with Crippen molar-refractivity contribution in [1.29, 1.82) is 0 Å². The summed E-state index contributed by atoms with van der Waals surface area (Å²) in [5.74, 6) is -9.81. The zero-order chi connectivity index (χ0) is 17.8. The van der Waals surface area contributed by atoms with Crippen molar-refractivity contribution in [1.82, 2.24) is 0 Å². The Kier molecular flexibility index (Phi) is 6.53. The van der Waals surface area contributed by atoms with E-state index >= 15 is 0 Å². The molecule has 0 heterocycles. The molecule has 1 saturated carbocycles. The van der Waals surface area contributed by atoms with Gasteiger partial charge in [-0.3, -0.25) is 0 Å². The van der Waals surface area contributed by atoms with E-state index < -0.39 is 23.3 Å². The number of ether oxygens (including phenoxy) is 1. The third kappa shape index (κ3) is 4.04. The number of halogens is 5. The molecule has 1 fully saturated rings. The highest BCUT2D eigenvalue weighted by molar-refractivity contribution is 7.94. The van der Waals surface area contributed by atoms with Gasteiger partial charge >= 0.3 is 11.8 Å². The lowest BCUT2D eigenvalue weighted by atomic mass is 9.79. The lowest BCUT2D eigenvalue weighted by Gasteiger charge is -2.37. The third-order valence-electron chi connectivity index (χ3n) is 4.47. The van der Waals surface area contributed by atoms with Gasteiger partial charge in [0, 0.05) is 23.0 Å². The van der Waals surface area contributed by atoms with Gasteiger partial charge in [0.15, 0.2) is 0 Å². The summed E-state index contributed by atoms with van der Waals surface area (Å²) in [6.45, 7) is 2.51. The van der Waals surface area contributed by atoms with E-state index in [0.29, 0.717) is 19.4 Å². The Morgan fingerprint density at radius 3 is 2.12 bits per heavy atom. The van der Waals surface area contributed by atoms with Crippen LogP contribution in [0.15, 0.2) is 29.2 Å². The van der Waals surface area contributed by atoms with Gasteiger partial charge in [0.2, 0.25) is 0 Å². The van der Waals surface area contributed by atoms with Crippen LogP contribution >= 0.6 is 12.1 Å². The maximum atomic E-state index is 14.5. The van der Waals surface area contributed by atoms with Gasteiger partial charge in [-0.05, 0) is 44.2 Å². The zero-order valence-electron chi connectivity index (χ0n) is 13.4. The van der Waals surface area contributed by atoms with Crippen molar-refractivity contribution in [2.75, 3.05) is 6.61 Å². The largest absolute Gasteiger partial charge is 0.378 e. The van der Waals surface area contributed by atoms with Crippen LogP contribution in [0, 0.1) is 5.92 Å². The van der Waals surface area contributed by atoms with E-state index in [-0.39, 0.29) is 36.0 Å². The van der Waals surface area contributed by atoms with E-state index in [4.69, 9.17) is 4.74 Å². The van der Waals surface area contributed by atoms with Crippen molar-refractivity contribution in [2.24, 2.45) is 5.92 Å². The van der Waals surface area contributed by atoms with Crippen LogP contribution in [-0.2, 0) is 10.7 Å². The van der Waals surface area contributed by atoms with Crippen molar-refractivity contribution >= 4 is 12.1 Å². The quantitative estimate of drug-likeness (QED) is 0.517. The van der Waals surface area contributed by atoms with Crippen molar-refractivity contribution in [2.45, 2.75) is 61.9 Å². The van der Waals surface area contributed by atoms with E-state index in [0.717, 1.165) is 30.7 Å². The van der Waals surface area contributed by atoms with Gasteiger partial charge in [-0.2, -0.15) is 21.4 Å². The minimum Gasteiger partial charge on any atom is -0.378 e. The minimum atomic E-state index is -4.28. The number of hydrogen-bond acceptors (Lipinski definition) is 2. The van der Waals surface area contributed by atoms with Crippen molar-refractivity contribution in [3.63, 3.8) is 0 Å². The molecule has 0 aliphatic heterocycles. The fourth-order valence-electron chi connectivity index (χ4n) is 3.04. The van der Waals surface area contributed by atoms with Crippen LogP contribution in [0.1, 0.15) is 44.6 Å². The molecule has 0 N–H and O–H groups in total. The fourth-order valence-corrected chi connectivity index (χ4v) is 3.28. The summed E-state index contributed by atoms with van der Waals surface area (Å²) in [5.41, 5.74) is -0.783. The van der Waals surface area contributed by atoms with Gasteiger partial charge in [-0.1, -0.05) is 19.1 Å². The van der Waals surface area contributed by atoms with E-state index in [1.54, 1.807) is 0 Å². The Hall–Kier alpha value is -0.820. The van der Waals surface area contributed by atoms with Gasteiger partial charge < -0.3 is 4.74 Å². The van der Waals surface area contributed by atoms with Crippen LogP contribution in [-0.4, -0.2) is 18.6 Å². The highest BCUT2D eigenvalue weighted by atomic mass is 32.2. The number of hydrogen-bond donors (Lipinski definition) is 0. The molecule has 0 radical (unpaired) electrons. The fraction of sp³-hybridized carbons (Fsp3) is 0.647. The van der Waals surface area contributed by atoms with E-state index in [1.807, 2.05) is 6.92 Å². The van der Waals surface area contributed by atoms with E-state index in [2.05, 4.69) is 0 Å². The van der Waals surface area contributed by atoms with Crippen LogP contribution < -0.4 is 0 Å². The molecule has 2 rings (SSSR count). The Balaban J connectivity index is 2.07. The zero-order valence-corrected chi connectivity index (χ0v) is 14.2. The molecule has 136 valence electrons. The molecule has 0 aromatic heterocycles. The highest BCUT2D eigenvalue weighted by Gasteiger charge is 2.61. The van der Waals surface area contributed by atoms with Gasteiger partial charge in [0.1, 0.15) is 0 Å². The van der Waals surface area contributed by atoms with Crippen molar-refractivity contribution in [3.05, 3.63) is 29.8 Å². The average molecular weight is 368 g/mol. The smallest absolute Gasteiger partial charge is 0.335 e. The van der Waals surface area contributed by atoms with Crippen molar-refractivity contribution in [3.8, 4) is 0 Å². The molecular weight excluding hydrogens is 347 g/mol. The number of benzene rings is 1. The molecular formula is C17H21F5OS. The molecule has 0 unspecified atom stereocenters. The molecule has 0 atom stereocenters. The molecule has 0 saturated heterocycles. The van der Waals surface area contributed by atoms with Gasteiger partial charge in [-0.25, -0.2) is 0 Å². The summed E-state index contributed by atoms with van der Waals surface area (Å²) in [6, 6.07) is 3.90. The second kappa shape index (κ2) is 8.04. The Morgan fingerprint density at radius 2 is 1.62 bits per heavy atom. The van der Waals surface area contributed by atoms with E-state index in [9.17, 15) is 21.4 Å². The first-order chi connectivity index (χ1) is 11.3.